The Balaban J connectivity index is 1.73. The van der Waals surface area contributed by atoms with E-state index in [1.807, 2.05) is 60.7 Å². The Morgan fingerprint density at radius 2 is 1.15 bits per heavy atom. The van der Waals surface area contributed by atoms with Crippen LogP contribution in [0.5, 0.6) is 0 Å². The number of unbranched alkanes of at least 4 members (excludes halogenated alkanes) is 5. The summed E-state index contributed by atoms with van der Waals surface area (Å²) >= 11 is 0. The molecule has 2 aromatic carbocycles. The lowest BCUT2D eigenvalue weighted by molar-refractivity contribution is -0.127. The topological polar surface area (TPSA) is 137 Å². The summed E-state index contributed by atoms with van der Waals surface area (Å²) in [6.45, 7) is 11.7. The summed E-state index contributed by atoms with van der Waals surface area (Å²) in [5, 5.41) is 18.5. The molecule has 0 aliphatic heterocycles. The predicted molar refractivity (Wildman–Crippen MR) is 181 cm³/mol. The zero-order chi connectivity index (χ0) is 34.2. The number of carbonyl (C=O) groups is 4. The first-order chi connectivity index (χ1) is 21.7. The zero-order valence-electron chi connectivity index (χ0n) is 28.4. The maximum Gasteiger partial charge on any atom is 0.408 e. The van der Waals surface area contributed by atoms with Crippen LogP contribution in [0.3, 0.4) is 0 Å². The van der Waals surface area contributed by atoms with Crippen molar-refractivity contribution in [2.75, 3.05) is 13.1 Å². The Bertz CT molecular complexity index is 1220. The maximum atomic E-state index is 13.2. The molecule has 4 N–H and O–H groups in total. The summed E-state index contributed by atoms with van der Waals surface area (Å²) in [5.41, 5.74) is 0.442. The Kier molecular flexibility index (Phi) is 15.6. The smallest absolute Gasteiger partial charge is 0.408 e. The van der Waals surface area contributed by atoms with E-state index in [-0.39, 0.29) is 11.8 Å². The zero-order valence-corrected chi connectivity index (χ0v) is 28.4. The van der Waals surface area contributed by atoms with Crippen LogP contribution >= 0.6 is 0 Å². The Hall–Kier alpha value is -4.08. The molecule has 10 nitrogen and oxygen atoms in total. The van der Waals surface area contributed by atoms with Crippen LogP contribution in [0, 0.1) is 0 Å². The number of alkyl carbamates (subject to hydrolysis) is 1. The first kappa shape index (κ1) is 38.1. The van der Waals surface area contributed by atoms with Crippen molar-refractivity contribution in [2.24, 2.45) is 0 Å². The minimum absolute atomic E-state index is 0.246. The van der Waals surface area contributed by atoms with Gasteiger partial charge in [0.1, 0.15) is 17.7 Å². The van der Waals surface area contributed by atoms with E-state index in [2.05, 4.69) is 16.0 Å². The van der Waals surface area contributed by atoms with Crippen LogP contribution in [0.4, 0.5) is 9.59 Å². The van der Waals surface area contributed by atoms with Crippen molar-refractivity contribution in [2.45, 2.75) is 116 Å². The van der Waals surface area contributed by atoms with Gasteiger partial charge in [-0.2, -0.15) is 0 Å². The summed E-state index contributed by atoms with van der Waals surface area (Å²) in [6, 6.07) is 17.4. The number of carbonyl (C=O) groups excluding carboxylic acids is 3. The molecule has 46 heavy (non-hydrogen) atoms. The van der Waals surface area contributed by atoms with Gasteiger partial charge in [0.25, 0.3) is 0 Å². The van der Waals surface area contributed by atoms with Crippen molar-refractivity contribution < 1.29 is 29.0 Å². The van der Waals surface area contributed by atoms with Crippen LogP contribution in [0.2, 0.25) is 0 Å². The van der Waals surface area contributed by atoms with Crippen LogP contribution in [0.15, 0.2) is 60.7 Å². The lowest BCUT2D eigenvalue weighted by Gasteiger charge is -2.39. The number of amides is 4. The molecule has 0 bridgehead atoms. The van der Waals surface area contributed by atoms with Crippen molar-refractivity contribution in [1.29, 1.82) is 0 Å². The molecule has 0 unspecified atom stereocenters. The van der Waals surface area contributed by atoms with E-state index >= 15 is 0 Å². The van der Waals surface area contributed by atoms with E-state index in [1.165, 1.54) is 4.90 Å². The van der Waals surface area contributed by atoms with Gasteiger partial charge in [0.15, 0.2) is 0 Å². The highest BCUT2D eigenvalue weighted by Crippen LogP contribution is 2.21. The molecule has 2 aromatic rings. The van der Waals surface area contributed by atoms with Crippen LogP contribution in [0.1, 0.15) is 91.2 Å². The average molecular weight is 639 g/mol. The second kappa shape index (κ2) is 18.8. The summed E-state index contributed by atoms with van der Waals surface area (Å²) in [5.74, 6) is -0.535. The standard InChI is InChI=1S/C36H54N4O6/c1-35(2,3)40(34(44)45)30(26-28-21-15-12-16-22-28)32(42)38-24-18-10-8-7-9-17-23-37-31(41)29(25-27-19-13-11-14-20-27)39-33(43)46-36(4,5)6/h11-16,19-22,29-30H,7-10,17-18,23-26H2,1-6H3,(H,37,41)(H,38,42)(H,39,43)(H,44,45)/t29-,30-/m0/s1. The van der Waals surface area contributed by atoms with E-state index in [9.17, 15) is 24.3 Å². The van der Waals surface area contributed by atoms with Crippen molar-refractivity contribution in [3.63, 3.8) is 0 Å². The monoisotopic (exact) mass is 638 g/mol. The van der Waals surface area contributed by atoms with Gasteiger partial charge in [-0.3, -0.25) is 14.5 Å². The van der Waals surface area contributed by atoms with E-state index in [4.69, 9.17) is 4.74 Å². The molecule has 0 heterocycles. The number of hydrogen-bond acceptors (Lipinski definition) is 5. The highest BCUT2D eigenvalue weighted by molar-refractivity contribution is 5.86. The number of nitrogens with zero attached hydrogens (tertiary/aromatic N) is 1. The molecule has 254 valence electrons. The van der Waals surface area contributed by atoms with Crippen LogP contribution in [-0.2, 0) is 27.2 Å². The molecule has 0 saturated heterocycles. The molecule has 2 rings (SSSR count). The molecule has 0 saturated carbocycles. The predicted octanol–water partition coefficient (Wildman–Crippen LogP) is 6.09. The summed E-state index contributed by atoms with van der Waals surface area (Å²) < 4.78 is 5.36. The largest absolute Gasteiger partial charge is 0.465 e. The molecular formula is C36H54N4O6. The first-order valence-electron chi connectivity index (χ1n) is 16.3. The molecule has 0 aromatic heterocycles. The lowest BCUT2D eigenvalue weighted by Crippen LogP contribution is -2.57. The van der Waals surface area contributed by atoms with E-state index in [0.29, 0.717) is 25.9 Å². The average Bonchev–Trinajstić information content (AvgIpc) is 2.96. The van der Waals surface area contributed by atoms with Crippen molar-refractivity contribution in [3.05, 3.63) is 71.8 Å². The number of ether oxygens (including phenoxy) is 1. The van der Waals surface area contributed by atoms with E-state index in [1.54, 1.807) is 41.5 Å². The summed E-state index contributed by atoms with van der Waals surface area (Å²) in [6.07, 6.45) is 4.36. The Morgan fingerprint density at radius 3 is 1.61 bits per heavy atom. The van der Waals surface area contributed by atoms with Gasteiger partial charge in [0, 0.05) is 31.5 Å². The fourth-order valence-corrected chi connectivity index (χ4v) is 5.16. The van der Waals surface area contributed by atoms with E-state index < -0.39 is 35.4 Å². The molecular weight excluding hydrogens is 584 g/mol. The molecule has 4 amide bonds. The van der Waals surface area contributed by atoms with Gasteiger partial charge in [0.05, 0.1) is 0 Å². The quantitative estimate of drug-likeness (QED) is 0.155. The highest BCUT2D eigenvalue weighted by atomic mass is 16.6. The van der Waals surface area contributed by atoms with Gasteiger partial charge in [0.2, 0.25) is 11.8 Å². The number of carboxylic acid groups (broad SMARTS) is 1. The third kappa shape index (κ3) is 14.8. The van der Waals surface area contributed by atoms with Crippen molar-refractivity contribution in [1.82, 2.24) is 20.9 Å². The minimum atomic E-state index is -1.12. The molecule has 10 heteroatoms. The van der Waals surface area contributed by atoms with Crippen molar-refractivity contribution in [3.8, 4) is 0 Å². The van der Waals surface area contributed by atoms with E-state index in [0.717, 1.165) is 49.7 Å². The third-order valence-electron chi connectivity index (χ3n) is 7.31. The minimum Gasteiger partial charge on any atom is -0.465 e. The second-order valence-corrected chi connectivity index (χ2v) is 13.6. The Labute approximate surface area is 274 Å². The van der Waals surface area contributed by atoms with Crippen molar-refractivity contribution >= 4 is 24.0 Å². The number of benzene rings is 2. The van der Waals surface area contributed by atoms with Crippen LogP contribution in [-0.4, -0.2) is 70.3 Å². The number of rotatable bonds is 17. The lowest BCUT2D eigenvalue weighted by atomic mass is 9.98. The van der Waals surface area contributed by atoms with Gasteiger partial charge in [-0.25, -0.2) is 9.59 Å². The fourth-order valence-electron chi connectivity index (χ4n) is 5.16. The Morgan fingerprint density at radius 1 is 0.696 bits per heavy atom. The summed E-state index contributed by atoms with van der Waals surface area (Å²) in [7, 11) is 0. The summed E-state index contributed by atoms with van der Waals surface area (Å²) in [4.78, 5) is 51.9. The fraction of sp³-hybridized carbons (Fsp3) is 0.556. The SMILES string of the molecule is CC(C)(C)OC(=O)N[C@@H](Cc1ccccc1)C(=O)NCCCCCCCCNC(=O)[C@H](Cc1ccccc1)N(C(=O)O)C(C)(C)C. The van der Waals surface area contributed by atoms with Crippen LogP contribution in [0.25, 0.3) is 0 Å². The molecule has 0 aliphatic rings. The molecule has 0 radical (unpaired) electrons. The number of nitrogens with one attached hydrogen (secondary N) is 3. The third-order valence-corrected chi connectivity index (χ3v) is 7.31. The maximum absolute atomic E-state index is 13.2. The first-order valence-corrected chi connectivity index (χ1v) is 16.3. The molecule has 2 atom stereocenters. The van der Waals surface area contributed by atoms with Gasteiger partial charge < -0.3 is 25.8 Å². The highest BCUT2D eigenvalue weighted by Gasteiger charge is 2.37. The molecule has 0 fully saturated rings. The van der Waals surface area contributed by atoms with Gasteiger partial charge in [-0.05, 0) is 65.5 Å². The number of hydrogen-bond donors (Lipinski definition) is 4. The molecule has 0 aliphatic carbocycles. The van der Waals surface area contributed by atoms with Crippen LogP contribution < -0.4 is 16.0 Å². The van der Waals surface area contributed by atoms with Gasteiger partial charge >= 0.3 is 12.2 Å². The normalized spacial score (nSPS) is 12.8. The van der Waals surface area contributed by atoms with Gasteiger partial charge in [-0.1, -0.05) is 86.3 Å². The second-order valence-electron chi connectivity index (χ2n) is 13.6. The molecule has 0 spiro atoms. The van der Waals surface area contributed by atoms with Gasteiger partial charge in [-0.15, -0.1) is 0 Å².